The van der Waals surface area contributed by atoms with Crippen molar-refractivity contribution in [1.29, 1.82) is 0 Å². The number of rotatable bonds is 7. The zero-order valence-corrected chi connectivity index (χ0v) is 11.3. The number of hydrogen-bond donors (Lipinski definition) is 1. The third kappa shape index (κ3) is 3.46. The second-order valence-corrected chi connectivity index (χ2v) is 3.87. The molecule has 1 rings (SSSR count). The quantitative estimate of drug-likeness (QED) is 0.736. The molecular weight excluding hydrogens is 232 g/mol. The number of ether oxygens (including phenoxy) is 1. The highest BCUT2D eigenvalue weighted by Gasteiger charge is 2.20. The van der Waals surface area contributed by atoms with E-state index in [2.05, 4.69) is 5.10 Å². The van der Waals surface area contributed by atoms with Crippen LogP contribution in [-0.4, -0.2) is 46.9 Å². The third-order valence-corrected chi connectivity index (χ3v) is 2.70. The van der Waals surface area contributed by atoms with Crippen molar-refractivity contribution < 1.29 is 9.53 Å². The molecule has 0 atom stereocenters. The molecule has 0 aliphatic heterocycles. The molecule has 0 aliphatic rings. The van der Waals surface area contributed by atoms with Crippen molar-refractivity contribution in [1.82, 2.24) is 14.7 Å². The van der Waals surface area contributed by atoms with Crippen LogP contribution in [0.5, 0.6) is 0 Å². The second-order valence-electron chi connectivity index (χ2n) is 3.87. The predicted octanol–water partition coefficient (Wildman–Crippen LogP) is 0.984. The van der Waals surface area contributed by atoms with Crippen molar-refractivity contribution in [2.24, 2.45) is 0 Å². The summed E-state index contributed by atoms with van der Waals surface area (Å²) in [5.74, 6) is -0.137. The SMILES string of the molecule is CCOCCN(CC)C(=O)c1nn(CC)cc1N. The Labute approximate surface area is 108 Å². The Morgan fingerprint density at radius 2 is 2.22 bits per heavy atom. The molecule has 18 heavy (non-hydrogen) atoms. The number of carbonyl (C=O) groups is 1. The first-order valence-corrected chi connectivity index (χ1v) is 6.33. The highest BCUT2D eigenvalue weighted by molar-refractivity contribution is 5.97. The summed E-state index contributed by atoms with van der Waals surface area (Å²) in [7, 11) is 0. The van der Waals surface area contributed by atoms with Crippen LogP contribution in [0.25, 0.3) is 0 Å². The zero-order chi connectivity index (χ0) is 13.5. The minimum absolute atomic E-state index is 0.137. The van der Waals surface area contributed by atoms with Crippen molar-refractivity contribution in [3.8, 4) is 0 Å². The van der Waals surface area contributed by atoms with Crippen molar-refractivity contribution >= 4 is 11.6 Å². The molecule has 0 saturated heterocycles. The Kier molecular flexibility index (Phi) is 5.64. The van der Waals surface area contributed by atoms with E-state index in [0.717, 1.165) is 0 Å². The van der Waals surface area contributed by atoms with Crippen LogP contribution in [0, 0.1) is 0 Å². The number of hydrogen-bond acceptors (Lipinski definition) is 4. The largest absolute Gasteiger partial charge is 0.396 e. The van der Waals surface area contributed by atoms with E-state index >= 15 is 0 Å². The minimum atomic E-state index is -0.137. The maximum atomic E-state index is 12.2. The number of nitrogens with zero attached hydrogens (tertiary/aromatic N) is 3. The molecular formula is C12H22N4O2. The molecule has 0 aromatic carbocycles. The first kappa shape index (κ1) is 14.5. The van der Waals surface area contributed by atoms with E-state index in [9.17, 15) is 4.79 Å². The lowest BCUT2D eigenvalue weighted by Gasteiger charge is -2.19. The molecule has 102 valence electrons. The molecule has 1 aromatic rings. The summed E-state index contributed by atoms with van der Waals surface area (Å²) < 4.78 is 6.92. The van der Waals surface area contributed by atoms with Gasteiger partial charge in [0.25, 0.3) is 5.91 Å². The van der Waals surface area contributed by atoms with E-state index in [4.69, 9.17) is 10.5 Å². The maximum Gasteiger partial charge on any atom is 0.276 e. The lowest BCUT2D eigenvalue weighted by molar-refractivity contribution is 0.0664. The summed E-state index contributed by atoms with van der Waals surface area (Å²) in [6.45, 7) is 8.86. The van der Waals surface area contributed by atoms with Gasteiger partial charge in [0.15, 0.2) is 5.69 Å². The Balaban J connectivity index is 2.73. The monoisotopic (exact) mass is 254 g/mol. The predicted molar refractivity (Wildman–Crippen MR) is 70.4 cm³/mol. The van der Waals surface area contributed by atoms with Gasteiger partial charge in [0.1, 0.15) is 0 Å². The number of aryl methyl sites for hydroxylation is 1. The van der Waals surface area contributed by atoms with Crippen LogP contribution < -0.4 is 5.73 Å². The number of likely N-dealkylation sites (N-methyl/N-ethyl adjacent to an activating group) is 1. The highest BCUT2D eigenvalue weighted by atomic mass is 16.5. The first-order chi connectivity index (χ1) is 8.63. The molecule has 6 heteroatoms. The van der Waals surface area contributed by atoms with Gasteiger partial charge in [-0.05, 0) is 20.8 Å². The first-order valence-electron chi connectivity index (χ1n) is 6.33. The molecule has 0 saturated carbocycles. The van der Waals surface area contributed by atoms with Crippen LogP contribution in [0.4, 0.5) is 5.69 Å². The van der Waals surface area contributed by atoms with Crippen LogP contribution in [0.1, 0.15) is 31.3 Å². The molecule has 6 nitrogen and oxygen atoms in total. The number of anilines is 1. The zero-order valence-electron chi connectivity index (χ0n) is 11.3. The number of carbonyl (C=O) groups excluding carboxylic acids is 1. The Bertz CT molecular complexity index is 389. The van der Waals surface area contributed by atoms with Crippen LogP contribution >= 0.6 is 0 Å². The van der Waals surface area contributed by atoms with Gasteiger partial charge in [0.2, 0.25) is 0 Å². The van der Waals surface area contributed by atoms with Gasteiger partial charge in [0.05, 0.1) is 12.3 Å². The molecule has 1 amide bonds. The summed E-state index contributed by atoms with van der Waals surface area (Å²) in [4.78, 5) is 13.9. The fraction of sp³-hybridized carbons (Fsp3) is 0.667. The Morgan fingerprint density at radius 3 is 2.72 bits per heavy atom. The van der Waals surface area contributed by atoms with Crippen molar-refractivity contribution in [3.63, 3.8) is 0 Å². The van der Waals surface area contributed by atoms with Gasteiger partial charge in [-0.2, -0.15) is 5.10 Å². The topological polar surface area (TPSA) is 73.4 Å². The Morgan fingerprint density at radius 1 is 1.50 bits per heavy atom. The fourth-order valence-corrected chi connectivity index (χ4v) is 1.64. The number of nitrogens with two attached hydrogens (primary N) is 1. The molecule has 0 unspecified atom stereocenters. The van der Waals surface area contributed by atoms with Crippen LogP contribution in [0.15, 0.2) is 6.20 Å². The van der Waals surface area contributed by atoms with E-state index in [1.54, 1.807) is 15.8 Å². The highest BCUT2D eigenvalue weighted by Crippen LogP contribution is 2.12. The van der Waals surface area contributed by atoms with Crippen molar-refractivity contribution in [2.75, 3.05) is 32.0 Å². The average Bonchev–Trinajstić information content (AvgIpc) is 2.75. The normalized spacial score (nSPS) is 10.6. The van der Waals surface area contributed by atoms with E-state index in [0.29, 0.717) is 44.2 Å². The van der Waals surface area contributed by atoms with Gasteiger partial charge < -0.3 is 15.4 Å². The number of nitrogen functional groups attached to an aromatic ring is 1. The molecule has 0 bridgehead atoms. The van der Waals surface area contributed by atoms with Crippen molar-refractivity contribution in [3.05, 3.63) is 11.9 Å². The second kappa shape index (κ2) is 7.00. The molecule has 0 spiro atoms. The van der Waals surface area contributed by atoms with Gasteiger partial charge in [-0.1, -0.05) is 0 Å². The standard InChI is InChI=1S/C12H22N4O2/c1-4-15(7-8-18-6-3)12(17)11-10(13)9-16(5-2)14-11/h9H,4-8,13H2,1-3H3. The van der Waals surface area contributed by atoms with Crippen molar-refractivity contribution in [2.45, 2.75) is 27.3 Å². The van der Waals surface area contributed by atoms with Crippen LogP contribution in [-0.2, 0) is 11.3 Å². The van der Waals surface area contributed by atoms with Crippen LogP contribution in [0.3, 0.4) is 0 Å². The molecule has 0 fully saturated rings. The molecule has 2 N–H and O–H groups in total. The van der Waals surface area contributed by atoms with E-state index in [1.165, 1.54) is 0 Å². The molecule has 1 aromatic heterocycles. The minimum Gasteiger partial charge on any atom is -0.396 e. The number of aromatic nitrogens is 2. The van der Waals surface area contributed by atoms with E-state index < -0.39 is 0 Å². The summed E-state index contributed by atoms with van der Waals surface area (Å²) in [6.07, 6.45) is 1.68. The summed E-state index contributed by atoms with van der Waals surface area (Å²) >= 11 is 0. The third-order valence-electron chi connectivity index (χ3n) is 2.70. The van der Waals surface area contributed by atoms with Gasteiger partial charge >= 0.3 is 0 Å². The lowest BCUT2D eigenvalue weighted by atomic mass is 10.3. The van der Waals surface area contributed by atoms with E-state index in [-0.39, 0.29) is 5.91 Å². The summed E-state index contributed by atoms with van der Waals surface area (Å²) in [5, 5.41) is 4.18. The number of amides is 1. The van der Waals surface area contributed by atoms with E-state index in [1.807, 2.05) is 20.8 Å². The molecule has 1 heterocycles. The Hall–Kier alpha value is -1.56. The summed E-state index contributed by atoms with van der Waals surface area (Å²) in [5.41, 5.74) is 6.56. The smallest absolute Gasteiger partial charge is 0.276 e. The fourth-order valence-electron chi connectivity index (χ4n) is 1.64. The van der Waals surface area contributed by atoms with Crippen LogP contribution in [0.2, 0.25) is 0 Å². The summed E-state index contributed by atoms with van der Waals surface area (Å²) in [6, 6.07) is 0. The maximum absolute atomic E-state index is 12.2. The molecule has 0 radical (unpaired) electrons. The van der Waals surface area contributed by atoms with Gasteiger partial charge in [-0.3, -0.25) is 9.48 Å². The lowest BCUT2D eigenvalue weighted by Crippen LogP contribution is -2.34. The molecule has 0 aliphatic carbocycles. The van der Waals surface area contributed by atoms with Gasteiger partial charge in [-0.25, -0.2) is 0 Å². The average molecular weight is 254 g/mol. The van der Waals surface area contributed by atoms with Gasteiger partial charge in [0, 0.05) is 32.4 Å². The van der Waals surface area contributed by atoms with Gasteiger partial charge in [-0.15, -0.1) is 0 Å².